The van der Waals surface area contributed by atoms with E-state index in [2.05, 4.69) is 29.4 Å². The molecule has 0 spiro atoms. The van der Waals surface area contributed by atoms with Crippen LogP contribution in [0.3, 0.4) is 0 Å². The summed E-state index contributed by atoms with van der Waals surface area (Å²) in [5, 5.41) is 12.7. The Morgan fingerprint density at radius 2 is 1.45 bits per heavy atom. The van der Waals surface area contributed by atoms with Gasteiger partial charge in [-0.15, -0.1) is 11.6 Å². The maximum Gasteiger partial charge on any atom is 0.0867 e. The van der Waals surface area contributed by atoms with Crippen LogP contribution in [-0.2, 0) is 12.8 Å². The Labute approximate surface area is 137 Å². The second-order valence-corrected chi connectivity index (χ2v) is 5.71. The first-order valence-electron chi connectivity index (χ1n) is 7.74. The number of hydrogen-bond donors (Lipinski definition) is 1. The van der Waals surface area contributed by atoms with E-state index in [9.17, 15) is 5.21 Å². The first-order chi connectivity index (χ1) is 10.8. The molecule has 2 aromatic carbocycles. The second-order valence-electron chi connectivity index (χ2n) is 5.33. The molecule has 116 valence electrons. The molecule has 3 heteroatoms. The molecule has 2 rings (SSSR count). The fourth-order valence-electron chi connectivity index (χ4n) is 2.63. The zero-order valence-corrected chi connectivity index (χ0v) is 13.5. The van der Waals surface area contributed by atoms with E-state index < -0.39 is 0 Å². The van der Waals surface area contributed by atoms with Crippen LogP contribution in [0.4, 0.5) is 0 Å². The molecule has 0 atom stereocenters. The predicted octanol–water partition coefficient (Wildman–Crippen LogP) is 5.06. The van der Waals surface area contributed by atoms with Crippen molar-refractivity contribution in [2.75, 3.05) is 5.88 Å². The average Bonchev–Trinajstić information content (AvgIpc) is 2.58. The number of oxime groups is 1. The highest BCUT2D eigenvalue weighted by Gasteiger charge is 2.06. The van der Waals surface area contributed by atoms with Crippen molar-refractivity contribution in [1.29, 1.82) is 0 Å². The minimum atomic E-state index is 0.698. The van der Waals surface area contributed by atoms with Gasteiger partial charge in [0.05, 0.1) is 5.71 Å². The summed E-state index contributed by atoms with van der Waals surface area (Å²) in [4.78, 5) is 0. The Hall–Kier alpha value is -1.80. The van der Waals surface area contributed by atoms with Gasteiger partial charge in [0, 0.05) is 5.88 Å². The Kier molecular flexibility index (Phi) is 6.98. The lowest BCUT2D eigenvalue weighted by Crippen LogP contribution is -2.03. The highest BCUT2D eigenvalue weighted by molar-refractivity contribution is 6.17. The van der Waals surface area contributed by atoms with Gasteiger partial charge in [-0.25, -0.2) is 0 Å². The van der Waals surface area contributed by atoms with Crippen molar-refractivity contribution in [2.45, 2.75) is 32.1 Å². The van der Waals surface area contributed by atoms with Gasteiger partial charge in [-0.05, 0) is 48.8 Å². The smallest absolute Gasteiger partial charge is 0.0867 e. The summed E-state index contributed by atoms with van der Waals surface area (Å²) < 4.78 is 0. The third-order valence-electron chi connectivity index (χ3n) is 3.79. The first-order valence-corrected chi connectivity index (χ1v) is 8.27. The molecule has 0 heterocycles. The van der Waals surface area contributed by atoms with Gasteiger partial charge >= 0.3 is 0 Å². The molecule has 1 N–H and O–H groups in total. The predicted molar refractivity (Wildman–Crippen MR) is 93.2 cm³/mol. The van der Waals surface area contributed by atoms with E-state index in [-0.39, 0.29) is 0 Å². The number of benzene rings is 2. The monoisotopic (exact) mass is 315 g/mol. The van der Waals surface area contributed by atoms with Crippen LogP contribution in [0.1, 0.15) is 36.0 Å². The summed E-state index contributed by atoms with van der Waals surface area (Å²) >= 11 is 5.79. The molecule has 0 amide bonds. The number of nitrogens with zero attached hydrogens (tertiary/aromatic N) is 1. The maximum absolute atomic E-state index is 9.22. The van der Waals surface area contributed by atoms with Crippen LogP contribution in [0.2, 0.25) is 0 Å². The van der Waals surface area contributed by atoms with Crippen LogP contribution < -0.4 is 0 Å². The zero-order chi connectivity index (χ0) is 15.6. The average molecular weight is 316 g/mol. The molecule has 0 aliphatic heterocycles. The second kappa shape index (κ2) is 9.26. The fourth-order valence-corrected chi connectivity index (χ4v) is 2.77. The van der Waals surface area contributed by atoms with Gasteiger partial charge in [-0.1, -0.05) is 59.8 Å². The van der Waals surface area contributed by atoms with E-state index >= 15 is 0 Å². The summed E-state index contributed by atoms with van der Waals surface area (Å²) in [5.74, 6) is 0.698. The highest BCUT2D eigenvalue weighted by atomic mass is 35.5. The van der Waals surface area contributed by atoms with Crippen molar-refractivity contribution < 1.29 is 5.21 Å². The molecule has 2 nitrogen and oxygen atoms in total. The molecule has 0 aliphatic rings. The van der Waals surface area contributed by atoms with Gasteiger partial charge in [-0.3, -0.25) is 0 Å². The van der Waals surface area contributed by atoms with Crippen LogP contribution >= 0.6 is 11.6 Å². The van der Waals surface area contributed by atoms with Gasteiger partial charge in [0.15, 0.2) is 0 Å². The zero-order valence-electron chi connectivity index (χ0n) is 12.7. The van der Waals surface area contributed by atoms with Crippen LogP contribution in [-0.4, -0.2) is 16.8 Å². The van der Waals surface area contributed by atoms with E-state index in [0.29, 0.717) is 5.88 Å². The third-order valence-corrected chi connectivity index (χ3v) is 4.05. The van der Waals surface area contributed by atoms with Crippen molar-refractivity contribution >= 4 is 17.3 Å². The maximum atomic E-state index is 9.22. The molecule has 0 aliphatic carbocycles. The minimum Gasteiger partial charge on any atom is -0.411 e. The number of rotatable bonds is 8. The van der Waals surface area contributed by atoms with E-state index in [0.717, 1.165) is 43.4 Å². The molecule has 0 unspecified atom stereocenters. The lowest BCUT2D eigenvalue weighted by atomic mass is 9.97. The molecule has 2 aromatic rings. The largest absolute Gasteiger partial charge is 0.411 e. The quantitative estimate of drug-likeness (QED) is 0.314. The van der Waals surface area contributed by atoms with Gasteiger partial charge in [0.2, 0.25) is 0 Å². The van der Waals surface area contributed by atoms with Crippen LogP contribution in [0.5, 0.6) is 0 Å². The minimum absolute atomic E-state index is 0.698. The Bertz CT molecular complexity index is 595. The van der Waals surface area contributed by atoms with E-state index in [1.54, 1.807) is 0 Å². The standard InChI is InChI=1S/C19H22ClNO/c20-15-7-13-17-9-5-4-8-16(17)12-6-14-19(21-22)18-10-2-1-3-11-18/h1-5,8-11,22H,6-7,12-15H2. The first kappa shape index (κ1) is 16.6. The number of alkyl halides is 1. The van der Waals surface area contributed by atoms with Crippen molar-refractivity contribution in [3.63, 3.8) is 0 Å². The van der Waals surface area contributed by atoms with Crippen molar-refractivity contribution in [2.24, 2.45) is 5.16 Å². The molecular weight excluding hydrogens is 294 g/mol. The number of halogens is 1. The third kappa shape index (κ3) is 4.88. The number of aryl methyl sites for hydroxylation is 2. The van der Waals surface area contributed by atoms with Crippen LogP contribution in [0.25, 0.3) is 0 Å². The van der Waals surface area contributed by atoms with Gasteiger partial charge in [0.1, 0.15) is 0 Å². The van der Waals surface area contributed by atoms with Gasteiger partial charge < -0.3 is 5.21 Å². The molecule has 0 saturated carbocycles. The summed E-state index contributed by atoms with van der Waals surface area (Å²) in [5.41, 5.74) is 4.49. The normalized spacial score (nSPS) is 11.6. The van der Waals surface area contributed by atoms with E-state index in [1.165, 1.54) is 11.1 Å². The van der Waals surface area contributed by atoms with E-state index in [4.69, 9.17) is 11.6 Å². The van der Waals surface area contributed by atoms with E-state index in [1.807, 2.05) is 30.3 Å². The van der Waals surface area contributed by atoms with Crippen molar-refractivity contribution in [3.05, 3.63) is 71.3 Å². The molecule has 0 radical (unpaired) electrons. The summed E-state index contributed by atoms with van der Waals surface area (Å²) in [6, 6.07) is 18.4. The summed E-state index contributed by atoms with van der Waals surface area (Å²) in [6.45, 7) is 0. The van der Waals surface area contributed by atoms with Crippen molar-refractivity contribution in [1.82, 2.24) is 0 Å². The number of hydrogen-bond acceptors (Lipinski definition) is 2. The molecule has 22 heavy (non-hydrogen) atoms. The molecule has 0 aromatic heterocycles. The summed E-state index contributed by atoms with van der Waals surface area (Å²) in [6.07, 6.45) is 4.76. The van der Waals surface area contributed by atoms with Gasteiger partial charge in [-0.2, -0.15) is 0 Å². The molecule has 0 bridgehead atoms. The lowest BCUT2D eigenvalue weighted by molar-refractivity contribution is 0.318. The Balaban J connectivity index is 1.93. The van der Waals surface area contributed by atoms with Crippen LogP contribution in [0, 0.1) is 0 Å². The van der Waals surface area contributed by atoms with Crippen LogP contribution in [0.15, 0.2) is 59.8 Å². The molecule has 0 saturated heterocycles. The highest BCUT2D eigenvalue weighted by Crippen LogP contribution is 2.16. The summed E-state index contributed by atoms with van der Waals surface area (Å²) in [7, 11) is 0. The molecular formula is C19H22ClNO. The Morgan fingerprint density at radius 1 is 0.864 bits per heavy atom. The lowest BCUT2D eigenvalue weighted by Gasteiger charge is -2.09. The topological polar surface area (TPSA) is 32.6 Å². The van der Waals surface area contributed by atoms with Gasteiger partial charge in [0.25, 0.3) is 0 Å². The fraction of sp³-hybridized carbons (Fsp3) is 0.316. The van der Waals surface area contributed by atoms with Crippen molar-refractivity contribution in [3.8, 4) is 0 Å². The SMILES string of the molecule is ON=C(CCCc1ccccc1CCCCl)c1ccccc1. The Morgan fingerprint density at radius 3 is 2.05 bits per heavy atom. The molecule has 0 fully saturated rings.